The third kappa shape index (κ3) is 2.32. The van der Waals surface area contributed by atoms with Crippen molar-refractivity contribution in [1.82, 2.24) is 0 Å². The monoisotopic (exact) mass is 164 g/mol. The van der Waals surface area contributed by atoms with Crippen LogP contribution in [0.25, 0.3) is 0 Å². The van der Waals surface area contributed by atoms with Gasteiger partial charge in [-0.3, -0.25) is 4.79 Å². The Kier molecular flexibility index (Phi) is 3.16. The molecular weight excluding hydrogens is 159 g/mol. The second kappa shape index (κ2) is 3.65. The zero-order chi connectivity index (χ0) is 9.02. The van der Waals surface area contributed by atoms with E-state index in [0.29, 0.717) is 0 Å². The molecule has 1 atom stereocenters. The van der Waals surface area contributed by atoms with Gasteiger partial charge in [0.1, 0.15) is 0 Å². The van der Waals surface area contributed by atoms with Crippen molar-refractivity contribution in [3.8, 4) is 0 Å². The molecule has 1 N–H and O–H groups in total. The molecule has 0 heterocycles. The topological polar surface area (TPSA) is 80.7 Å². The maximum absolute atomic E-state index is 12.2. The standard InChI is InChI=1S/C5H5FO5/c1-11-5(10)2(6)3(7)4(8)9/h2H,1H3,(H,8,9). The molecule has 0 aromatic rings. The highest BCUT2D eigenvalue weighted by Gasteiger charge is 2.31. The average Bonchev–Trinajstić information content (AvgIpc) is 2.00. The zero-order valence-electron chi connectivity index (χ0n) is 5.54. The molecule has 0 aliphatic heterocycles. The first-order valence-corrected chi connectivity index (χ1v) is 2.49. The first-order valence-electron chi connectivity index (χ1n) is 2.49. The molecular formula is C5H5FO5. The highest BCUT2D eigenvalue weighted by molar-refractivity contribution is 6.38. The Morgan fingerprint density at radius 3 is 2.18 bits per heavy atom. The Hall–Kier alpha value is -1.46. The lowest BCUT2D eigenvalue weighted by molar-refractivity contribution is -0.159. The van der Waals surface area contributed by atoms with Crippen LogP contribution < -0.4 is 0 Å². The van der Waals surface area contributed by atoms with Gasteiger partial charge in [-0.05, 0) is 0 Å². The van der Waals surface area contributed by atoms with Crippen LogP contribution in [-0.4, -0.2) is 36.1 Å². The number of halogens is 1. The van der Waals surface area contributed by atoms with Gasteiger partial charge in [0, 0.05) is 0 Å². The van der Waals surface area contributed by atoms with Gasteiger partial charge in [0.2, 0.25) is 0 Å². The van der Waals surface area contributed by atoms with Crippen molar-refractivity contribution in [1.29, 1.82) is 0 Å². The van der Waals surface area contributed by atoms with E-state index in [-0.39, 0.29) is 0 Å². The smallest absolute Gasteiger partial charge is 0.376 e. The summed E-state index contributed by atoms with van der Waals surface area (Å²) in [6, 6.07) is 0. The van der Waals surface area contributed by atoms with Crippen LogP contribution in [0, 0.1) is 0 Å². The fourth-order valence-corrected chi connectivity index (χ4v) is 0.319. The number of hydrogen-bond acceptors (Lipinski definition) is 4. The number of methoxy groups -OCH3 is 1. The highest BCUT2D eigenvalue weighted by atomic mass is 19.1. The Morgan fingerprint density at radius 2 is 1.91 bits per heavy atom. The summed E-state index contributed by atoms with van der Waals surface area (Å²) in [5.41, 5.74) is 0. The third-order valence-electron chi connectivity index (χ3n) is 0.849. The molecule has 0 saturated carbocycles. The van der Waals surface area contributed by atoms with Crippen molar-refractivity contribution in [2.45, 2.75) is 6.17 Å². The van der Waals surface area contributed by atoms with Crippen LogP contribution in [0.4, 0.5) is 4.39 Å². The number of carbonyl (C=O) groups is 3. The zero-order valence-corrected chi connectivity index (χ0v) is 5.54. The molecule has 5 nitrogen and oxygen atoms in total. The largest absolute Gasteiger partial charge is 0.475 e. The predicted octanol–water partition coefficient (Wildman–Crippen LogP) is -0.849. The molecule has 0 saturated heterocycles. The first kappa shape index (κ1) is 9.54. The molecule has 0 radical (unpaired) electrons. The lowest BCUT2D eigenvalue weighted by Gasteiger charge is -1.99. The van der Waals surface area contributed by atoms with E-state index in [1.54, 1.807) is 0 Å². The fourth-order valence-electron chi connectivity index (χ4n) is 0.319. The van der Waals surface area contributed by atoms with Gasteiger partial charge in [-0.25, -0.2) is 14.0 Å². The number of Topliss-reactive ketones (excluding diaryl/α,β-unsaturated/α-hetero) is 1. The van der Waals surface area contributed by atoms with Crippen molar-refractivity contribution in [2.24, 2.45) is 0 Å². The molecule has 0 spiro atoms. The maximum atomic E-state index is 12.2. The minimum atomic E-state index is -2.72. The van der Waals surface area contributed by atoms with Crippen molar-refractivity contribution in [3.05, 3.63) is 0 Å². The molecule has 0 aliphatic carbocycles. The number of ketones is 1. The van der Waals surface area contributed by atoms with Crippen LogP contribution in [0.15, 0.2) is 0 Å². The minimum Gasteiger partial charge on any atom is -0.475 e. The molecule has 0 amide bonds. The van der Waals surface area contributed by atoms with Crippen LogP contribution in [0.3, 0.4) is 0 Å². The van der Waals surface area contributed by atoms with Gasteiger partial charge in [0.15, 0.2) is 0 Å². The van der Waals surface area contributed by atoms with E-state index in [0.717, 1.165) is 7.11 Å². The first-order chi connectivity index (χ1) is 5.00. The molecule has 0 bridgehead atoms. The Morgan fingerprint density at radius 1 is 1.45 bits per heavy atom. The van der Waals surface area contributed by atoms with Crippen LogP contribution in [0.1, 0.15) is 0 Å². The summed E-state index contributed by atoms with van der Waals surface area (Å²) in [4.78, 5) is 30.1. The summed E-state index contributed by atoms with van der Waals surface area (Å²) in [7, 11) is 0.851. The van der Waals surface area contributed by atoms with E-state index < -0.39 is 23.9 Å². The summed E-state index contributed by atoms with van der Waals surface area (Å²) >= 11 is 0. The van der Waals surface area contributed by atoms with E-state index in [1.807, 2.05) is 0 Å². The highest BCUT2D eigenvalue weighted by Crippen LogP contribution is 1.95. The van der Waals surface area contributed by atoms with Crippen molar-refractivity contribution in [2.75, 3.05) is 7.11 Å². The van der Waals surface area contributed by atoms with Gasteiger partial charge < -0.3 is 9.84 Å². The predicted molar refractivity (Wildman–Crippen MR) is 29.6 cm³/mol. The molecule has 0 aromatic heterocycles. The van der Waals surface area contributed by atoms with Gasteiger partial charge in [-0.1, -0.05) is 0 Å². The number of carboxylic acids is 1. The van der Waals surface area contributed by atoms with Crippen LogP contribution in [-0.2, 0) is 19.1 Å². The summed E-state index contributed by atoms with van der Waals surface area (Å²) < 4.78 is 16.0. The summed E-state index contributed by atoms with van der Waals surface area (Å²) in [5, 5.41) is 7.90. The Bertz CT molecular complexity index is 199. The maximum Gasteiger partial charge on any atom is 0.376 e. The van der Waals surface area contributed by atoms with Crippen LogP contribution in [0.2, 0.25) is 0 Å². The van der Waals surface area contributed by atoms with Gasteiger partial charge in [0.25, 0.3) is 12.0 Å². The second-order valence-corrected chi connectivity index (χ2v) is 1.56. The van der Waals surface area contributed by atoms with E-state index in [4.69, 9.17) is 5.11 Å². The average molecular weight is 164 g/mol. The molecule has 0 aliphatic rings. The number of carboxylic acid groups (broad SMARTS) is 1. The van der Waals surface area contributed by atoms with E-state index in [1.165, 1.54) is 0 Å². The minimum absolute atomic E-state index is 0.851. The van der Waals surface area contributed by atoms with Crippen molar-refractivity contribution in [3.63, 3.8) is 0 Å². The lowest BCUT2D eigenvalue weighted by Crippen LogP contribution is -2.32. The normalized spacial score (nSPS) is 11.8. The quantitative estimate of drug-likeness (QED) is 0.334. The van der Waals surface area contributed by atoms with Gasteiger partial charge in [0.05, 0.1) is 7.11 Å². The Labute approximate surface area is 60.8 Å². The molecule has 6 heteroatoms. The number of alkyl halides is 1. The molecule has 0 aromatic carbocycles. The number of rotatable bonds is 3. The molecule has 0 fully saturated rings. The van der Waals surface area contributed by atoms with Crippen molar-refractivity contribution >= 4 is 17.7 Å². The number of carbonyl (C=O) groups excluding carboxylic acids is 2. The summed E-state index contributed by atoms with van der Waals surface area (Å²) in [6.45, 7) is 0. The van der Waals surface area contributed by atoms with Crippen LogP contribution in [0.5, 0.6) is 0 Å². The molecule has 0 rings (SSSR count). The number of ether oxygens (including phenoxy) is 1. The Balaban J connectivity index is 4.25. The lowest BCUT2D eigenvalue weighted by atomic mass is 10.2. The number of aliphatic carboxylic acids is 1. The van der Waals surface area contributed by atoms with E-state index >= 15 is 0 Å². The molecule has 62 valence electrons. The molecule has 1 unspecified atom stereocenters. The molecule has 11 heavy (non-hydrogen) atoms. The SMILES string of the molecule is COC(=O)C(F)C(=O)C(=O)O. The van der Waals surface area contributed by atoms with Crippen LogP contribution >= 0.6 is 0 Å². The van der Waals surface area contributed by atoms with Gasteiger partial charge in [-0.2, -0.15) is 0 Å². The number of hydrogen-bond donors (Lipinski definition) is 1. The summed E-state index contributed by atoms with van der Waals surface area (Å²) in [5.74, 6) is -5.32. The fraction of sp³-hybridized carbons (Fsp3) is 0.400. The number of esters is 1. The van der Waals surface area contributed by atoms with E-state index in [9.17, 15) is 18.8 Å². The second-order valence-electron chi connectivity index (χ2n) is 1.56. The van der Waals surface area contributed by atoms with E-state index in [2.05, 4.69) is 4.74 Å². The third-order valence-corrected chi connectivity index (χ3v) is 0.849. The van der Waals surface area contributed by atoms with Gasteiger partial charge in [-0.15, -0.1) is 0 Å². The van der Waals surface area contributed by atoms with Gasteiger partial charge >= 0.3 is 11.9 Å². The summed E-state index contributed by atoms with van der Waals surface area (Å²) in [6.07, 6.45) is -2.72. The van der Waals surface area contributed by atoms with Crippen molar-refractivity contribution < 1.29 is 28.6 Å².